The number of nitrogens with zero attached hydrogens (tertiary/aromatic N) is 1. The molecule has 1 aliphatic heterocycles. The van der Waals surface area contributed by atoms with Crippen LogP contribution < -0.4 is 4.90 Å². The van der Waals surface area contributed by atoms with Gasteiger partial charge in [0.1, 0.15) is 0 Å². The van der Waals surface area contributed by atoms with Gasteiger partial charge in [0.25, 0.3) is 0 Å². The van der Waals surface area contributed by atoms with Gasteiger partial charge in [0.2, 0.25) is 0 Å². The number of aryl methyl sites for hydroxylation is 1. The summed E-state index contributed by atoms with van der Waals surface area (Å²) < 4.78 is 0. The molecule has 0 aromatic heterocycles. The van der Waals surface area contributed by atoms with E-state index in [-0.39, 0.29) is 18.3 Å². The lowest BCUT2D eigenvalue weighted by atomic mass is 9.74. The molecule has 0 radical (unpaired) electrons. The number of likely N-dealkylation sites (N-methyl/N-ethyl adjacent to an activating group) is 1. The maximum Gasteiger partial charge on any atom is 0.0454 e. The molecule has 1 heteroatoms. The highest BCUT2D eigenvalue weighted by Gasteiger charge is 2.41. The van der Waals surface area contributed by atoms with Crippen molar-refractivity contribution in [2.24, 2.45) is 5.92 Å². The van der Waals surface area contributed by atoms with Crippen LogP contribution in [0.3, 0.4) is 0 Å². The molecule has 288 valence electrons. The van der Waals surface area contributed by atoms with E-state index in [1.807, 2.05) is 13.8 Å². The first-order valence-corrected chi connectivity index (χ1v) is 20.6. The summed E-state index contributed by atoms with van der Waals surface area (Å²) in [5.74, 6) is 0.455. The second kappa shape index (κ2) is 18.0. The predicted molar refractivity (Wildman–Crippen MR) is 243 cm³/mol. The van der Waals surface area contributed by atoms with Crippen molar-refractivity contribution in [1.29, 1.82) is 0 Å². The normalized spacial score (nSPS) is 18.7. The Kier molecular flexibility index (Phi) is 14.2. The molecule has 0 saturated heterocycles. The summed E-state index contributed by atoms with van der Waals surface area (Å²) in [6.45, 7) is 26.5. The Morgan fingerprint density at radius 3 is 2.26 bits per heavy atom. The van der Waals surface area contributed by atoms with Gasteiger partial charge in [-0.25, -0.2) is 0 Å². The molecule has 7 rings (SSSR count). The van der Waals surface area contributed by atoms with E-state index in [0.29, 0.717) is 5.92 Å². The van der Waals surface area contributed by atoms with Crippen molar-refractivity contribution in [1.82, 2.24) is 0 Å². The highest BCUT2D eigenvalue weighted by Crippen LogP contribution is 2.52. The number of anilines is 1. The van der Waals surface area contributed by atoms with E-state index in [9.17, 15) is 0 Å². The number of hydrogen-bond acceptors (Lipinski definition) is 1. The van der Waals surface area contributed by atoms with Gasteiger partial charge in [0.15, 0.2) is 0 Å². The van der Waals surface area contributed by atoms with Crippen LogP contribution in [0.5, 0.6) is 0 Å². The average molecular weight is 722 g/mol. The maximum absolute atomic E-state index is 3.85. The molecular weight excluding hydrogens is 651 g/mol. The predicted octanol–water partition coefficient (Wildman–Crippen LogP) is 15.7. The van der Waals surface area contributed by atoms with Crippen LogP contribution in [0.2, 0.25) is 0 Å². The Hall–Kier alpha value is -4.10. The number of hydrogen-bond donors (Lipinski definition) is 0. The lowest BCUT2D eigenvalue weighted by Crippen LogP contribution is -2.23. The quantitative estimate of drug-likeness (QED) is 0.157. The second-order valence-electron chi connectivity index (χ2n) is 16.6. The first kappa shape index (κ1) is 42.6. The SMILES string of the molecule is C.C=C(C)CCCCCC.CC.CC1=C(CC(C)C2=Cc3ccccc3C2(C)C)c2ccccc2/C1=C\C=C1\N(C)c2ccc3c(c2C1(C)C)C=CCC3. The monoisotopic (exact) mass is 722 g/mol. The molecule has 0 N–H and O–H groups in total. The van der Waals surface area contributed by atoms with Crippen molar-refractivity contribution in [3.8, 4) is 0 Å². The third kappa shape index (κ3) is 8.27. The Labute approximate surface area is 331 Å². The van der Waals surface area contributed by atoms with Crippen LogP contribution in [-0.4, -0.2) is 7.05 Å². The topological polar surface area (TPSA) is 3.24 Å². The third-order valence-corrected chi connectivity index (χ3v) is 12.1. The minimum absolute atomic E-state index is 0. The van der Waals surface area contributed by atoms with E-state index in [1.165, 1.54) is 105 Å². The molecule has 0 spiro atoms. The van der Waals surface area contributed by atoms with Gasteiger partial charge in [-0.1, -0.05) is 172 Å². The number of allylic oxidation sites excluding steroid dienone is 9. The maximum atomic E-state index is 3.85. The molecule has 0 amide bonds. The molecule has 54 heavy (non-hydrogen) atoms. The van der Waals surface area contributed by atoms with Gasteiger partial charge >= 0.3 is 0 Å². The van der Waals surface area contributed by atoms with Crippen LogP contribution in [-0.2, 0) is 17.3 Å². The van der Waals surface area contributed by atoms with Gasteiger partial charge in [-0.05, 0) is 120 Å². The van der Waals surface area contributed by atoms with Gasteiger partial charge in [0, 0.05) is 29.3 Å². The summed E-state index contributed by atoms with van der Waals surface area (Å²) in [5, 5.41) is 0. The van der Waals surface area contributed by atoms with Gasteiger partial charge in [-0.3, -0.25) is 0 Å². The fourth-order valence-electron chi connectivity index (χ4n) is 9.34. The first-order valence-electron chi connectivity index (χ1n) is 20.6. The van der Waals surface area contributed by atoms with Crippen molar-refractivity contribution >= 4 is 29.0 Å². The lowest BCUT2D eigenvalue weighted by Gasteiger charge is -2.29. The number of unbranched alkanes of at least 4 members (excludes halogenated alkanes) is 3. The molecule has 1 unspecified atom stereocenters. The highest BCUT2D eigenvalue weighted by atomic mass is 15.2. The van der Waals surface area contributed by atoms with E-state index < -0.39 is 0 Å². The highest BCUT2D eigenvalue weighted by molar-refractivity contribution is 6.00. The summed E-state index contributed by atoms with van der Waals surface area (Å²) in [6.07, 6.45) is 22.0. The van der Waals surface area contributed by atoms with E-state index >= 15 is 0 Å². The molecule has 1 nitrogen and oxygen atoms in total. The number of benzene rings is 3. The standard InChI is InChI=1S/C41H43N.C9H18.C2H6.CH4/c1-26(36-25-29-15-9-13-19-35(29)40(36,3)4)24-34-27(2)30(32-17-11-12-18-33(32)34)21-23-38-41(5,6)39-31-16-10-8-14-28(31)20-22-37(39)42(38)7;1-4-5-6-7-8-9(2)3;1-2;/h9-13,15-23,25-26H,8,14,24H2,1-7H3;2,4-8H2,1,3H3;1-2H3;1H4/b30-21-,38-23+;;;. The van der Waals surface area contributed by atoms with E-state index in [0.717, 1.165) is 19.3 Å². The largest absolute Gasteiger partial charge is 0.347 e. The Bertz CT molecular complexity index is 1970. The molecule has 0 bridgehead atoms. The van der Waals surface area contributed by atoms with Crippen molar-refractivity contribution < 1.29 is 0 Å². The number of rotatable bonds is 9. The summed E-state index contributed by atoms with van der Waals surface area (Å²) >= 11 is 0. The zero-order valence-corrected chi connectivity index (χ0v) is 35.0. The molecule has 3 aromatic carbocycles. The van der Waals surface area contributed by atoms with Gasteiger partial charge in [-0.2, -0.15) is 0 Å². The molecule has 3 aliphatic carbocycles. The molecule has 1 heterocycles. The molecular formula is C53H71N. The summed E-state index contributed by atoms with van der Waals surface area (Å²) in [4.78, 5) is 2.42. The van der Waals surface area contributed by atoms with Crippen LogP contribution in [0.4, 0.5) is 5.69 Å². The molecule has 4 aliphatic rings. The minimum atomic E-state index is -0.0587. The minimum Gasteiger partial charge on any atom is -0.347 e. The summed E-state index contributed by atoms with van der Waals surface area (Å²) in [5.41, 5.74) is 19.9. The van der Waals surface area contributed by atoms with Gasteiger partial charge in [0.05, 0.1) is 0 Å². The smallest absolute Gasteiger partial charge is 0.0454 e. The Balaban J connectivity index is 0.000000478. The first-order chi connectivity index (χ1) is 25.4. The van der Waals surface area contributed by atoms with Crippen LogP contribution in [0.1, 0.15) is 161 Å². The van der Waals surface area contributed by atoms with Crippen LogP contribution in [0, 0.1) is 5.92 Å². The van der Waals surface area contributed by atoms with E-state index in [2.05, 4.69) is 165 Å². The van der Waals surface area contributed by atoms with Crippen molar-refractivity contribution in [3.63, 3.8) is 0 Å². The Morgan fingerprint density at radius 2 is 1.57 bits per heavy atom. The molecule has 0 saturated carbocycles. The summed E-state index contributed by atoms with van der Waals surface area (Å²) in [6, 6.07) is 22.7. The molecule has 3 aromatic rings. The van der Waals surface area contributed by atoms with Crippen molar-refractivity contribution in [3.05, 3.63) is 147 Å². The van der Waals surface area contributed by atoms with Crippen LogP contribution in [0.25, 0.3) is 23.3 Å². The average Bonchev–Trinajstić information content (AvgIpc) is 3.66. The van der Waals surface area contributed by atoms with Gasteiger partial charge in [-0.15, -0.1) is 6.58 Å². The summed E-state index contributed by atoms with van der Waals surface area (Å²) in [7, 11) is 2.24. The fourth-order valence-corrected chi connectivity index (χ4v) is 9.34. The lowest BCUT2D eigenvalue weighted by molar-refractivity contribution is 0.538. The zero-order valence-electron chi connectivity index (χ0n) is 35.0. The second-order valence-corrected chi connectivity index (χ2v) is 16.6. The molecule has 1 atom stereocenters. The van der Waals surface area contributed by atoms with Crippen molar-refractivity contribution in [2.45, 2.75) is 139 Å². The zero-order chi connectivity index (χ0) is 38.5. The molecule has 0 fully saturated rings. The van der Waals surface area contributed by atoms with Crippen LogP contribution >= 0.6 is 0 Å². The third-order valence-electron chi connectivity index (χ3n) is 12.1. The fraction of sp³-hybridized carbons (Fsp3) is 0.434. The van der Waals surface area contributed by atoms with E-state index in [4.69, 9.17) is 0 Å². The van der Waals surface area contributed by atoms with Crippen LogP contribution in [0.15, 0.2) is 108 Å². The Morgan fingerprint density at radius 1 is 0.889 bits per heavy atom. The van der Waals surface area contributed by atoms with Gasteiger partial charge < -0.3 is 4.90 Å². The number of fused-ring (bicyclic) bond motifs is 5. The van der Waals surface area contributed by atoms with Crippen molar-refractivity contribution in [2.75, 3.05) is 11.9 Å². The van der Waals surface area contributed by atoms with E-state index in [1.54, 1.807) is 5.57 Å².